The quantitative estimate of drug-likeness (QED) is 0.913. The zero-order valence-electron chi connectivity index (χ0n) is 15.3. The molecule has 0 unspecified atom stereocenters. The average Bonchev–Trinajstić information content (AvgIpc) is 3.19. The van der Waals surface area contributed by atoms with E-state index in [4.69, 9.17) is 9.15 Å². The maximum absolute atomic E-state index is 12.5. The number of amides is 1. The molecule has 2 aromatic heterocycles. The molecule has 2 saturated heterocycles. The standard InChI is InChI=1S/C20H25N3O3/c1-13-8-17(25-14(13)2)11-23-7-5-15-9-18(26-19(15)12-23)20(24)22-16-4-3-6-21-10-16/h3-4,6,8,10,15,18-19H,5,7,9,11-12H2,1-2H3,(H,22,24)/t15-,18+,19-/m0/s1. The van der Waals surface area contributed by atoms with Gasteiger partial charge >= 0.3 is 0 Å². The maximum atomic E-state index is 12.5. The lowest BCUT2D eigenvalue weighted by atomic mass is 9.91. The normalized spacial score (nSPS) is 25.8. The van der Waals surface area contributed by atoms with Crippen LogP contribution in [0.15, 0.2) is 35.0 Å². The van der Waals surface area contributed by atoms with Gasteiger partial charge in [-0.25, -0.2) is 0 Å². The Morgan fingerprint density at radius 3 is 3.04 bits per heavy atom. The summed E-state index contributed by atoms with van der Waals surface area (Å²) in [6.07, 6.45) is 4.93. The zero-order valence-corrected chi connectivity index (χ0v) is 15.3. The number of carbonyl (C=O) groups is 1. The van der Waals surface area contributed by atoms with Crippen LogP contribution in [0.3, 0.4) is 0 Å². The number of nitrogens with one attached hydrogen (secondary N) is 1. The van der Waals surface area contributed by atoms with Crippen molar-refractivity contribution >= 4 is 11.6 Å². The number of pyridine rings is 1. The highest BCUT2D eigenvalue weighted by Crippen LogP contribution is 2.34. The van der Waals surface area contributed by atoms with Gasteiger partial charge in [-0.15, -0.1) is 0 Å². The second kappa shape index (κ2) is 7.21. The molecule has 2 aliphatic rings. The van der Waals surface area contributed by atoms with E-state index in [-0.39, 0.29) is 18.1 Å². The molecule has 0 aliphatic carbocycles. The molecule has 2 fully saturated rings. The van der Waals surface area contributed by atoms with Crippen LogP contribution in [0.5, 0.6) is 0 Å². The second-order valence-corrected chi connectivity index (χ2v) is 7.37. The Hall–Kier alpha value is -2.18. The number of carbonyl (C=O) groups excluding carboxylic acids is 1. The molecule has 4 rings (SSSR count). The molecule has 0 aromatic carbocycles. The Bertz CT molecular complexity index is 754. The summed E-state index contributed by atoms with van der Waals surface area (Å²) in [7, 11) is 0. The lowest BCUT2D eigenvalue weighted by Gasteiger charge is -2.33. The molecule has 2 aliphatic heterocycles. The summed E-state index contributed by atoms with van der Waals surface area (Å²) >= 11 is 0. The fraction of sp³-hybridized carbons (Fsp3) is 0.500. The number of ether oxygens (including phenoxy) is 1. The number of anilines is 1. The molecule has 1 N–H and O–H groups in total. The molecule has 0 spiro atoms. The van der Waals surface area contributed by atoms with Gasteiger partial charge in [0.05, 0.1) is 24.5 Å². The predicted molar refractivity (Wildman–Crippen MR) is 97.7 cm³/mol. The molecule has 6 heteroatoms. The van der Waals surface area contributed by atoms with E-state index in [1.165, 1.54) is 5.56 Å². The van der Waals surface area contributed by atoms with Gasteiger partial charge in [0.2, 0.25) is 0 Å². The molecule has 2 aromatic rings. The van der Waals surface area contributed by atoms with Gasteiger partial charge in [-0.05, 0) is 62.9 Å². The number of likely N-dealkylation sites (tertiary alicyclic amines) is 1. The van der Waals surface area contributed by atoms with Gasteiger partial charge in [0, 0.05) is 12.7 Å². The van der Waals surface area contributed by atoms with Crippen LogP contribution in [-0.4, -0.2) is 41.1 Å². The van der Waals surface area contributed by atoms with Crippen LogP contribution in [0.1, 0.15) is 29.9 Å². The molecule has 1 amide bonds. The number of aryl methyl sites for hydroxylation is 2. The molecule has 0 saturated carbocycles. The summed E-state index contributed by atoms with van der Waals surface area (Å²) in [6, 6.07) is 5.75. The Morgan fingerprint density at radius 2 is 2.31 bits per heavy atom. The van der Waals surface area contributed by atoms with E-state index in [1.807, 2.05) is 13.0 Å². The third-order valence-electron chi connectivity index (χ3n) is 5.45. The van der Waals surface area contributed by atoms with E-state index < -0.39 is 0 Å². The van der Waals surface area contributed by atoms with E-state index in [1.54, 1.807) is 18.5 Å². The number of piperidine rings is 1. The Labute approximate surface area is 153 Å². The van der Waals surface area contributed by atoms with Crippen LogP contribution < -0.4 is 5.32 Å². The molecule has 0 radical (unpaired) electrons. The first kappa shape index (κ1) is 17.2. The van der Waals surface area contributed by atoms with E-state index in [0.717, 1.165) is 44.0 Å². The van der Waals surface area contributed by atoms with Crippen molar-refractivity contribution in [2.75, 3.05) is 18.4 Å². The summed E-state index contributed by atoms with van der Waals surface area (Å²) in [5, 5.41) is 2.90. The zero-order chi connectivity index (χ0) is 18.1. The van der Waals surface area contributed by atoms with Crippen LogP contribution in [-0.2, 0) is 16.1 Å². The van der Waals surface area contributed by atoms with Crippen molar-refractivity contribution in [2.45, 2.75) is 45.4 Å². The smallest absolute Gasteiger partial charge is 0.253 e. The van der Waals surface area contributed by atoms with Gasteiger partial charge < -0.3 is 14.5 Å². The molecule has 3 atom stereocenters. The molecular weight excluding hydrogens is 330 g/mol. The Kier molecular flexibility index (Phi) is 4.78. The van der Waals surface area contributed by atoms with Gasteiger partial charge in [0.25, 0.3) is 5.91 Å². The first-order valence-corrected chi connectivity index (χ1v) is 9.23. The fourth-order valence-corrected chi connectivity index (χ4v) is 3.91. The summed E-state index contributed by atoms with van der Waals surface area (Å²) < 4.78 is 11.9. The number of hydrogen-bond acceptors (Lipinski definition) is 5. The molecule has 26 heavy (non-hydrogen) atoms. The van der Waals surface area contributed by atoms with Crippen molar-refractivity contribution < 1.29 is 13.9 Å². The number of fused-ring (bicyclic) bond motifs is 1. The van der Waals surface area contributed by atoms with Gasteiger partial charge in [-0.3, -0.25) is 14.7 Å². The van der Waals surface area contributed by atoms with Crippen molar-refractivity contribution in [1.82, 2.24) is 9.88 Å². The minimum atomic E-state index is -0.377. The maximum Gasteiger partial charge on any atom is 0.253 e. The van der Waals surface area contributed by atoms with Gasteiger partial charge in [-0.1, -0.05) is 0 Å². The molecule has 138 valence electrons. The highest BCUT2D eigenvalue weighted by Gasteiger charge is 2.41. The van der Waals surface area contributed by atoms with E-state index in [2.05, 4.69) is 28.2 Å². The highest BCUT2D eigenvalue weighted by atomic mass is 16.5. The van der Waals surface area contributed by atoms with Crippen LogP contribution in [0.4, 0.5) is 5.69 Å². The van der Waals surface area contributed by atoms with Crippen LogP contribution in [0.2, 0.25) is 0 Å². The molecular formula is C20H25N3O3. The van der Waals surface area contributed by atoms with E-state index >= 15 is 0 Å². The number of aromatic nitrogens is 1. The summed E-state index contributed by atoms with van der Waals surface area (Å²) in [6.45, 7) is 6.73. The van der Waals surface area contributed by atoms with Crippen molar-refractivity contribution in [3.8, 4) is 0 Å². The topological polar surface area (TPSA) is 67.6 Å². The largest absolute Gasteiger partial charge is 0.465 e. The molecule has 0 bridgehead atoms. The third kappa shape index (κ3) is 3.66. The summed E-state index contributed by atoms with van der Waals surface area (Å²) in [5.74, 6) is 2.37. The number of rotatable bonds is 4. The number of hydrogen-bond donors (Lipinski definition) is 1. The number of nitrogens with zero attached hydrogens (tertiary/aromatic N) is 2. The van der Waals surface area contributed by atoms with Crippen molar-refractivity contribution in [1.29, 1.82) is 0 Å². The first-order chi connectivity index (χ1) is 12.6. The highest BCUT2D eigenvalue weighted by molar-refractivity contribution is 5.94. The predicted octanol–water partition coefficient (Wildman–Crippen LogP) is 2.91. The number of furan rings is 1. The second-order valence-electron chi connectivity index (χ2n) is 7.37. The van der Waals surface area contributed by atoms with Crippen molar-refractivity contribution in [3.05, 3.63) is 47.7 Å². The SMILES string of the molecule is Cc1cc(CN2CC[C@H]3C[C@H](C(=O)Nc4cccnc4)O[C@H]3C2)oc1C. The van der Waals surface area contributed by atoms with Gasteiger partial charge in [0.1, 0.15) is 17.6 Å². The minimum absolute atomic E-state index is 0.0729. The lowest BCUT2D eigenvalue weighted by Crippen LogP contribution is -2.41. The lowest BCUT2D eigenvalue weighted by molar-refractivity contribution is -0.127. The van der Waals surface area contributed by atoms with Crippen LogP contribution in [0, 0.1) is 19.8 Å². The van der Waals surface area contributed by atoms with E-state index in [0.29, 0.717) is 11.6 Å². The van der Waals surface area contributed by atoms with Crippen LogP contribution in [0.25, 0.3) is 0 Å². The van der Waals surface area contributed by atoms with Gasteiger partial charge in [-0.2, -0.15) is 0 Å². The average molecular weight is 355 g/mol. The van der Waals surface area contributed by atoms with E-state index in [9.17, 15) is 4.79 Å². The Morgan fingerprint density at radius 1 is 1.42 bits per heavy atom. The summed E-state index contributed by atoms with van der Waals surface area (Å²) in [4.78, 5) is 18.9. The third-order valence-corrected chi connectivity index (χ3v) is 5.45. The molecule has 4 heterocycles. The Balaban J connectivity index is 1.33. The fourth-order valence-electron chi connectivity index (χ4n) is 3.91. The first-order valence-electron chi connectivity index (χ1n) is 9.23. The van der Waals surface area contributed by atoms with Crippen LogP contribution >= 0.6 is 0 Å². The summed E-state index contributed by atoms with van der Waals surface area (Å²) in [5.41, 5.74) is 1.90. The molecule has 6 nitrogen and oxygen atoms in total. The minimum Gasteiger partial charge on any atom is -0.465 e. The van der Waals surface area contributed by atoms with Gasteiger partial charge in [0.15, 0.2) is 0 Å². The monoisotopic (exact) mass is 355 g/mol. The van der Waals surface area contributed by atoms with Crippen molar-refractivity contribution in [3.63, 3.8) is 0 Å². The van der Waals surface area contributed by atoms with Crippen molar-refractivity contribution in [2.24, 2.45) is 5.92 Å².